The number of benzene rings is 2. The molecule has 0 aliphatic rings. The van der Waals surface area contributed by atoms with E-state index in [0.717, 1.165) is 22.8 Å². The Balaban J connectivity index is 2.43. The van der Waals surface area contributed by atoms with Crippen LogP contribution in [0.3, 0.4) is 0 Å². The molecule has 0 aliphatic heterocycles. The van der Waals surface area contributed by atoms with Crippen molar-refractivity contribution in [1.82, 2.24) is 4.57 Å². The number of hydrogen-bond donors (Lipinski definition) is 2. The van der Waals surface area contributed by atoms with Gasteiger partial charge in [0.2, 0.25) is 5.18 Å². The number of aromatic nitrogens is 1. The highest BCUT2D eigenvalue weighted by atomic mass is 35.5. The van der Waals surface area contributed by atoms with Gasteiger partial charge in [-0.2, -0.15) is 0 Å². The summed E-state index contributed by atoms with van der Waals surface area (Å²) < 4.78 is 2.23. The number of rotatable bonds is 2. The largest absolute Gasteiger partial charge is 0.359 e. The minimum atomic E-state index is -1.83. The summed E-state index contributed by atoms with van der Waals surface area (Å²) in [5.74, 6) is 0. The van der Waals surface area contributed by atoms with E-state index in [1.54, 1.807) is 6.07 Å². The minimum absolute atomic E-state index is 0.501. The van der Waals surface area contributed by atoms with E-state index in [1.807, 2.05) is 24.3 Å². The van der Waals surface area contributed by atoms with Crippen LogP contribution in [-0.4, -0.2) is 9.67 Å². The number of fused-ring (bicyclic) bond motifs is 3. The molecule has 2 aromatic carbocycles. The molecule has 3 N–H and O–H groups in total. The van der Waals surface area contributed by atoms with Crippen LogP contribution in [0.25, 0.3) is 21.8 Å². The standard InChI is InChI=1S/C15H15ClN2O/c1-2-18-13-6-4-3-5-11(13)12-9-10(15(16,17)19)7-8-14(12)18/h3-9,19H,2,17H2,1H3. The van der Waals surface area contributed by atoms with Crippen molar-refractivity contribution in [1.29, 1.82) is 0 Å². The zero-order chi connectivity index (χ0) is 13.6. The van der Waals surface area contributed by atoms with Gasteiger partial charge in [-0.3, -0.25) is 5.73 Å². The first-order chi connectivity index (χ1) is 9.02. The molecule has 19 heavy (non-hydrogen) atoms. The first-order valence-electron chi connectivity index (χ1n) is 6.24. The molecule has 1 unspecified atom stereocenters. The Labute approximate surface area is 116 Å². The SMILES string of the molecule is CCn1c2ccccc2c2cc(C(N)(O)Cl)ccc21. The molecule has 0 saturated heterocycles. The molecule has 3 aromatic rings. The number of aryl methyl sites for hydroxylation is 1. The predicted molar refractivity (Wildman–Crippen MR) is 79.1 cm³/mol. The Hall–Kier alpha value is -1.55. The summed E-state index contributed by atoms with van der Waals surface area (Å²) >= 11 is 5.78. The Bertz CT molecular complexity index is 756. The Morgan fingerprint density at radius 1 is 1.16 bits per heavy atom. The second-order valence-electron chi connectivity index (χ2n) is 4.67. The molecular formula is C15H15ClN2O. The molecule has 98 valence electrons. The van der Waals surface area contributed by atoms with E-state index in [9.17, 15) is 5.11 Å². The minimum Gasteiger partial charge on any atom is -0.359 e. The number of halogens is 1. The Kier molecular flexibility index (Phi) is 2.78. The van der Waals surface area contributed by atoms with Crippen molar-refractivity contribution in [2.24, 2.45) is 5.73 Å². The van der Waals surface area contributed by atoms with Gasteiger partial charge in [0.05, 0.1) is 0 Å². The van der Waals surface area contributed by atoms with Gasteiger partial charge in [0.25, 0.3) is 0 Å². The molecule has 1 atom stereocenters. The monoisotopic (exact) mass is 274 g/mol. The van der Waals surface area contributed by atoms with Crippen molar-refractivity contribution in [3.05, 3.63) is 48.0 Å². The molecule has 0 fully saturated rings. The van der Waals surface area contributed by atoms with Crippen molar-refractivity contribution in [3.63, 3.8) is 0 Å². The smallest absolute Gasteiger partial charge is 0.218 e. The fourth-order valence-electron chi connectivity index (χ4n) is 2.61. The lowest BCUT2D eigenvalue weighted by atomic mass is 10.1. The maximum Gasteiger partial charge on any atom is 0.218 e. The molecule has 0 radical (unpaired) electrons. The van der Waals surface area contributed by atoms with Gasteiger partial charge in [-0.25, -0.2) is 0 Å². The second kappa shape index (κ2) is 4.23. The fourth-order valence-corrected chi connectivity index (χ4v) is 2.73. The van der Waals surface area contributed by atoms with Crippen molar-refractivity contribution in [2.75, 3.05) is 0 Å². The van der Waals surface area contributed by atoms with Crippen molar-refractivity contribution in [3.8, 4) is 0 Å². The molecule has 3 rings (SSSR count). The summed E-state index contributed by atoms with van der Waals surface area (Å²) in [6.45, 7) is 3.00. The quantitative estimate of drug-likeness (QED) is 0.429. The van der Waals surface area contributed by atoms with E-state index < -0.39 is 5.18 Å². The number of nitrogens with two attached hydrogens (primary N) is 1. The molecule has 1 heterocycles. The zero-order valence-corrected chi connectivity index (χ0v) is 11.4. The number of hydrogen-bond acceptors (Lipinski definition) is 2. The van der Waals surface area contributed by atoms with Crippen LogP contribution >= 0.6 is 11.6 Å². The highest BCUT2D eigenvalue weighted by Crippen LogP contribution is 2.32. The van der Waals surface area contributed by atoms with E-state index in [4.69, 9.17) is 17.3 Å². The highest BCUT2D eigenvalue weighted by Gasteiger charge is 2.21. The molecule has 0 spiro atoms. The molecule has 4 heteroatoms. The van der Waals surface area contributed by atoms with E-state index in [2.05, 4.69) is 23.6 Å². The molecule has 3 nitrogen and oxygen atoms in total. The molecule has 0 saturated carbocycles. The molecule has 1 aromatic heterocycles. The number of nitrogens with zero attached hydrogens (tertiary/aromatic N) is 1. The number of aliphatic hydroxyl groups is 1. The van der Waals surface area contributed by atoms with Crippen molar-refractivity contribution < 1.29 is 5.11 Å². The lowest BCUT2D eigenvalue weighted by Crippen LogP contribution is -2.28. The summed E-state index contributed by atoms with van der Waals surface area (Å²) in [5.41, 5.74) is 8.34. The third-order valence-corrected chi connectivity index (χ3v) is 3.71. The summed E-state index contributed by atoms with van der Waals surface area (Å²) in [6.07, 6.45) is 0. The van der Waals surface area contributed by atoms with Crippen LogP contribution < -0.4 is 5.73 Å². The lowest BCUT2D eigenvalue weighted by molar-refractivity contribution is 0.137. The number of alkyl halides is 1. The van der Waals surface area contributed by atoms with Crippen LogP contribution in [0.4, 0.5) is 0 Å². The summed E-state index contributed by atoms with van der Waals surface area (Å²) in [7, 11) is 0. The summed E-state index contributed by atoms with van der Waals surface area (Å²) in [4.78, 5) is 0. The van der Waals surface area contributed by atoms with Crippen LogP contribution in [0.15, 0.2) is 42.5 Å². The van der Waals surface area contributed by atoms with Gasteiger partial charge in [0.1, 0.15) is 0 Å². The average Bonchev–Trinajstić information content (AvgIpc) is 2.70. The van der Waals surface area contributed by atoms with Gasteiger partial charge < -0.3 is 9.67 Å². The first-order valence-corrected chi connectivity index (χ1v) is 6.62. The Morgan fingerprint density at radius 2 is 1.84 bits per heavy atom. The maximum atomic E-state index is 9.72. The molecular weight excluding hydrogens is 260 g/mol. The van der Waals surface area contributed by atoms with E-state index in [0.29, 0.717) is 5.56 Å². The normalized spacial score (nSPS) is 14.9. The average molecular weight is 275 g/mol. The first kappa shape index (κ1) is 12.5. The zero-order valence-electron chi connectivity index (χ0n) is 10.6. The lowest BCUT2D eigenvalue weighted by Gasteiger charge is -2.15. The number of para-hydroxylation sites is 1. The van der Waals surface area contributed by atoms with Gasteiger partial charge in [-0.05, 0) is 25.1 Å². The van der Waals surface area contributed by atoms with Crippen molar-refractivity contribution >= 4 is 33.4 Å². The van der Waals surface area contributed by atoms with Gasteiger partial charge >= 0.3 is 0 Å². The van der Waals surface area contributed by atoms with E-state index >= 15 is 0 Å². The van der Waals surface area contributed by atoms with Gasteiger partial charge in [0, 0.05) is 33.9 Å². The molecule has 0 aliphatic carbocycles. The van der Waals surface area contributed by atoms with Crippen LogP contribution in [0, 0.1) is 0 Å². The van der Waals surface area contributed by atoms with Gasteiger partial charge in [0.15, 0.2) is 0 Å². The third kappa shape index (κ3) is 1.91. The van der Waals surface area contributed by atoms with Crippen LogP contribution in [0.1, 0.15) is 12.5 Å². The van der Waals surface area contributed by atoms with Gasteiger partial charge in [-0.15, -0.1) is 0 Å². The van der Waals surface area contributed by atoms with E-state index in [-0.39, 0.29) is 0 Å². The second-order valence-corrected chi connectivity index (χ2v) is 5.24. The van der Waals surface area contributed by atoms with Crippen LogP contribution in [0.2, 0.25) is 0 Å². The predicted octanol–water partition coefficient (Wildman–Crippen LogP) is 3.11. The highest BCUT2D eigenvalue weighted by molar-refractivity contribution is 6.22. The van der Waals surface area contributed by atoms with Crippen LogP contribution in [0.5, 0.6) is 0 Å². The summed E-state index contributed by atoms with van der Waals surface area (Å²) in [5, 5.41) is 10.1. The Morgan fingerprint density at radius 3 is 2.53 bits per heavy atom. The van der Waals surface area contributed by atoms with Crippen LogP contribution in [-0.2, 0) is 11.7 Å². The van der Waals surface area contributed by atoms with Crippen molar-refractivity contribution in [2.45, 2.75) is 18.7 Å². The maximum absolute atomic E-state index is 9.72. The summed E-state index contributed by atoms with van der Waals surface area (Å²) in [6, 6.07) is 13.8. The fraction of sp³-hybridized carbons (Fsp3) is 0.200. The topological polar surface area (TPSA) is 51.2 Å². The molecule has 0 amide bonds. The molecule has 0 bridgehead atoms. The van der Waals surface area contributed by atoms with Gasteiger partial charge in [-0.1, -0.05) is 35.9 Å². The van der Waals surface area contributed by atoms with E-state index in [1.165, 1.54) is 5.52 Å². The third-order valence-electron chi connectivity index (χ3n) is 3.49.